The molecule has 25 heavy (non-hydrogen) atoms. The summed E-state index contributed by atoms with van der Waals surface area (Å²) in [7, 11) is 0. The predicted molar refractivity (Wildman–Crippen MR) is 86.0 cm³/mol. The third kappa shape index (κ3) is 3.04. The Balaban J connectivity index is 1.71. The first-order chi connectivity index (χ1) is 11.8. The highest BCUT2D eigenvalue weighted by atomic mass is 19.4. The smallest absolute Gasteiger partial charge is 0.420 e. The van der Waals surface area contributed by atoms with Crippen LogP contribution >= 0.6 is 0 Å². The maximum Gasteiger partial charge on any atom is 0.420 e. The first kappa shape index (κ1) is 16.8. The largest absolute Gasteiger partial charge is 0.440 e. The SMILES string of the molecule is CC(C)c1nc2cc(CN3COC4CCCC43)cc(C(F)(F)F)c2o1. The molecule has 2 heterocycles. The van der Waals surface area contributed by atoms with Gasteiger partial charge in [0.25, 0.3) is 0 Å². The van der Waals surface area contributed by atoms with Crippen molar-refractivity contribution in [3.05, 3.63) is 29.2 Å². The number of halogens is 3. The molecule has 2 fully saturated rings. The average Bonchev–Trinajstić information content (AvgIpc) is 3.21. The second kappa shape index (κ2) is 5.99. The summed E-state index contributed by atoms with van der Waals surface area (Å²) in [6, 6.07) is 3.22. The molecule has 0 amide bonds. The highest BCUT2D eigenvalue weighted by Gasteiger charge is 2.39. The molecule has 4 rings (SSSR count). The molecule has 1 saturated heterocycles. The lowest BCUT2D eigenvalue weighted by atomic mass is 10.1. The minimum Gasteiger partial charge on any atom is -0.440 e. The Labute approximate surface area is 143 Å². The second-order valence-corrected chi connectivity index (χ2v) is 7.28. The number of ether oxygens (including phenoxy) is 1. The van der Waals surface area contributed by atoms with Gasteiger partial charge in [-0.3, -0.25) is 4.90 Å². The third-order valence-corrected chi connectivity index (χ3v) is 5.09. The van der Waals surface area contributed by atoms with Crippen molar-refractivity contribution < 1.29 is 22.3 Å². The molecule has 136 valence electrons. The van der Waals surface area contributed by atoms with E-state index in [1.54, 1.807) is 6.07 Å². The van der Waals surface area contributed by atoms with E-state index in [1.807, 2.05) is 13.8 Å². The molecule has 1 aromatic heterocycles. The summed E-state index contributed by atoms with van der Waals surface area (Å²) in [5, 5.41) is 0. The van der Waals surface area contributed by atoms with Crippen LogP contribution < -0.4 is 0 Å². The average molecular weight is 354 g/mol. The first-order valence-corrected chi connectivity index (χ1v) is 8.69. The minimum atomic E-state index is -4.47. The van der Waals surface area contributed by atoms with E-state index in [-0.39, 0.29) is 23.1 Å². The molecular formula is C18H21F3N2O2. The Morgan fingerprint density at radius 3 is 2.80 bits per heavy atom. The van der Waals surface area contributed by atoms with Crippen molar-refractivity contribution in [1.82, 2.24) is 9.88 Å². The van der Waals surface area contributed by atoms with Crippen LogP contribution in [0.1, 0.15) is 56.0 Å². The van der Waals surface area contributed by atoms with Crippen molar-refractivity contribution in [2.45, 2.75) is 63.9 Å². The van der Waals surface area contributed by atoms with Crippen LogP contribution in [-0.2, 0) is 17.5 Å². The van der Waals surface area contributed by atoms with Crippen molar-refractivity contribution in [2.24, 2.45) is 0 Å². The number of rotatable bonds is 3. The number of aromatic nitrogens is 1. The lowest BCUT2D eigenvalue weighted by Crippen LogP contribution is -2.31. The Kier molecular flexibility index (Phi) is 4.03. The molecule has 1 aromatic carbocycles. The monoisotopic (exact) mass is 354 g/mol. The van der Waals surface area contributed by atoms with E-state index in [1.165, 1.54) is 6.07 Å². The van der Waals surface area contributed by atoms with Crippen LogP contribution in [0.25, 0.3) is 11.1 Å². The van der Waals surface area contributed by atoms with Gasteiger partial charge in [0.1, 0.15) is 17.8 Å². The number of oxazole rings is 1. The highest BCUT2D eigenvalue weighted by molar-refractivity contribution is 5.78. The maximum atomic E-state index is 13.5. The number of alkyl halides is 3. The van der Waals surface area contributed by atoms with Crippen molar-refractivity contribution in [2.75, 3.05) is 6.73 Å². The van der Waals surface area contributed by atoms with Gasteiger partial charge in [-0.2, -0.15) is 13.2 Å². The van der Waals surface area contributed by atoms with E-state index in [0.29, 0.717) is 30.8 Å². The van der Waals surface area contributed by atoms with E-state index >= 15 is 0 Å². The summed E-state index contributed by atoms with van der Waals surface area (Å²) in [6.07, 6.45) is -1.06. The number of benzene rings is 1. The van der Waals surface area contributed by atoms with Crippen LogP contribution in [0.3, 0.4) is 0 Å². The van der Waals surface area contributed by atoms with Gasteiger partial charge in [-0.25, -0.2) is 4.98 Å². The summed E-state index contributed by atoms with van der Waals surface area (Å²) in [5.74, 6) is 0.265. The van der Waals surface area contributed by atoms with Gasteiger partial charge >= 0.3 is 6.18 Å². The van der Waals surface area contributed by atoms with Crippen LogP contribution in [0.15, 0.2) is 16.5 Å². The van der Waals surface area contributed by atoms with Crippen molar-refractivity contribution in [3.8, 4) is 0 Å². The van der Waals surface area contributed by atoms with Gasteiger partial charge < -0.3 is 9.15 Å². The van der Waals surface area contributed by atoms with Gasteiger partial charge in [-0.15, -0.1) is 0 Å². The summed E-state index contributed by atoms with van der Waals surface area (Å²) in [4.78, 5) is 6.40. The molecule has 0 spiro atoms. The van der Waals surface area contributed by atoms with E-state index in [4.69, 9.17) is 9.15 Å². The van der Waals surface area contributed by atoms with Crippen molar-refractivity contribution >= 4 is 11.1 Å². The maximum absolute atomic E-state index is 13.5. The normalized spacial score (nSPS) is 24.6. The topological polar surface area (TPSA) is 38.5 Å². The standard InChI is InChI=1S/C18H21F3N2O2/c1-10(2)17-22-13-7-11(6-12(16(13)25-17)18(19,20)21)8-23-9-24-15-5-3-4-14(15)23/h6-7,10,14-15H,3-5,8-9H2,1-2H3. The Hall–Kier alpha value is -1.60. The number of hydrogen-bond acceptors (Lipinski definition) is 4. The fraction of sp³-hybridized carbons (Fsp3) is 0.611. The van der Waals surface area contributed by atoms with E-state index < -0.39 is 11.7 Å². The molecule has 1 saturated carbocycles. The van der Waals surface area contributed by atoms with Gasteiger partial charge in [-0.1, -0.05) is 13.8 Å². The zero-order valence-electron chi connectivity index (χ0n) is 14.3. The molecule has 2 aliphatic rings. The summed E-state index contributed by atoms with van der Waals surface area (Å²) in [6.45, 7) is 4.61. The van der Waals surface area contributed by atoms with Gasteiger partial charge in [0.2, 0.25) is 0 Å². The second-order valence-electron chi connectivity index (χ2n) is 7.28. The molecule has 2 aromatic rings. The molecule has 4 nitrogen and oxygen atoms in total. The van der Waals surface area contributed by atoms with E-state index in [9.17, 15) is 13.2 Å². The van der Waals surface area contributed by atoms with E-state index in [2.05, 4.69) is 9.88 Å². The number of hydrogen-bond donors (Lipinski definition) is 0. The zero-order chi connectivity index (χ0) is 17.8. The Bertz CT molecular complexity index is 784. The molecule has 2 unspecified atom stereocenters. The fourth-order valence-corrected chi connectivity index (χ4v) is 3.86. The van der Waals surface area contributed by atoms with Gasteiger partial charge in [0, 0.05) is 18.5 Å². The molecule has 1 aliphatic heterocycles. The van der Waals surface area contributed by atoms with Gasteiger partial charge in [-0.05, 0) is 37.0 Å². The van der Waals surface area contributed by atoms with Crippen LogP contribution in [0.2, 0.25) is 0 Å². The molecular weight excluding hydrogens is 333 g/mol. The summed E-state index contributed by atoms with van der Waals surface area (Å²) >= 11 is 0. The van der Waals surface area contributed by atoms with Gasteiger partial charge in [0.15, 0.2) is 11.5 Å². The highest BCUT2D eigenvalue weighted by Crippen LogP contribution is 2.38. The predicted octanol–water partition coefficient (Wildman–Crippen LogP) is 4.68. The summed E-state index contributed by atoms with van der Waals surface area (Å²) < 4.78 is 51.7. The van der Waals surface area contributed by atoms with Crippen LogP contribution in [0.4, 0.5) is 13.2 Å². The lowest BCUT2D eigenvalue weighted by Gasteiger charge is -2.21. The molecule has 7 heteroatoms. The molecule has 0 N–H and O–H groups in total. The fourth-order valence-electron chi connectivity index (χ4n) is 3.86. The minimum absolute atomic E-state index is 0.0665. The van der Waals surface area contributed by atoms with Crippen LogP contribution in [-0.4, -0.2) is 28.8 Å². The van der Waals surface area contributed by atoms with Crippen LogP contribution in [0, 0.1) is 0 Å². The zero-order valence-corrected chi connectivity index (χ0v) is 14.3. The third-order valence-electron chi connectivity index (χ3n) is 5.09. The number of fused-ring (bicyclic) bond motifs is 2. The Morgan fingerprint density at radius 2 is 2.08 bits per heavy atom. The first-order valence-electron chi connectivity index (χ1n) is 8.69. The molecule has 0 radical (unpaired) electrons. The van der Waals surface area contributed by atoms with Crippen LogP contribution in [0.5, 0.6) is 0 Å². The number of nitrogens with zero attached hydrogens (tertiary/aromatic N) is 2. The molecule has 0 bridgehead atoms. The molecule has 1 aliphatic carbocycles. The van der Waals surface area contributed by atoms with Gasteiger partial charge in [0.05, 0.1) is 6.10 Å². The Morgan fingerprint density at radius 1 is 1.28 bits per heavy atom. The quantitative estimate of drug-likeness (QED) is 0.802. The van der Waals surface area contributed by atoms with E-state index in [0.717, 1.165) is 19.3 Å². The summed E-state index contributed by atoms with van der Waals surface area (Å²) in [5.41, 5.74) is -0.0463. The van der Waals surface area contributed by atoms with Crippen molar-refractivity contribution in [3.63, 3.8) is 0 Å². The lowest BCUT2D eigenvalue weighted by molar-refractivity contribution is -0.136. The van der Waals surface area contributed by atoms with Crippen molar-refractivity contribution in [1.29, 1.82) is 0 Å². The molecule has 2 atom stereocenters.